The van der Waals surface area contributed by atoms with E-state index in [0.29, 0.717) is 17.8 Å². The molecule has 6 nitrogen and oxygen atoms in total. The van der Waals surface area contributed by atoms with E-state index in [1.807, 2.05) is 51.0 Å². The number of hydrogen-bond acceptors (Lipinski definition) is 3. The molecule has 2 N–H and O–H groups in total. The summed E-state index contributed by atoms with van der Waals surface area (Å²) < 4.78 is 13.2. The van der Waals surface area contributed by atoms with Gasteiger partial charge in [-0.15, -0.1) is 0 Å². The average molecular weight is 425 g/mol. The molecule has 2 aromatic carbocycles. The lowest BCUT2D eigenvalue weighted by molar-refractivity contribution is 0.205. The Kier molecular flexibility index (Phi) is 7.07. The second-order valence-electron chi connectivity index (χ2n) is 8.13. The highest BCUT2D eigenvalue weighted by atomic mass is 19.1. The van der Waals surface area contributed by atoms with Crippen LogP contribution in [-0.2, 0) is 6.54 Å². The normalized spacial score (nSPS) is 11.2. The molecule has 2 amide bonds. The Morgan fingerprint density at radius 2 is 1.71 bits per heavy atom. The highest BCUT2D eigenvalue weighted by Gasteiger charge is 2.17. The van der Waals surface area contributed by atoms with Crippen molar-refractivity contribution in [3.05, 3.63) is 75.3 Å². The molecule has 0 aliphatic rings. The Morgan fingerprint density at radius 3 is 2.39 bits per heavy atom. The number of hydrogen-bond donors (Lipinski definition) is 2. The Labute approximate surface area is 181 Å². The number of aromatic nitrogens is 1. The van der Waals surface area contributed by atoms with E-state index in [1.165, 1.54) is 24.3 Å². The van der Waals surface area contributed by atoms with Crippen LogP contribution >= 0.6 is 0 Å². The summed E-state index contributed by atoms with van der Waals surface area (Å²) in [4.78, 5) is 32.4. The van der Waals surface area contributed by atoms with Gasteiger partial charge in [-0.2, -0.15) is 0 Å². The summed E-state index contributed by atoms with van der Waals surface area (Å²) in [6.45, 7) is 5.43. The Morgan fingerprint density at radius 1 is 1.03 bits per heavy atom. The molecular formula is C24H29FN4O2. The topological polar surface area (TPSA) is 68.4 Å². The number of carbonyl (C=O) groups is 1. The molecule has 0 saturated heterocycles. The number of aromatic amines is 1. The number of urea groups is 1. The van der Waals surface area contributed by atoms with E-state index in [-0.39, 0.29) is 24.0 Å². The van der Waals surface area contributed by atoms with Crippen molar-refractivity contribution in [1.29, 1.82) is 0 Å². The molecule has 0 atom stereocenters. The minimum atomic E-state index is -0.366. The first kappa shape index (κ1) is 22.5. The zero-order chi connectivity index (χ0) is 22.5. The summed E-state index contributed by atoms with van der Waals surface area (Å²) in [5.41, 5.74) is 3.72. The monoisotopic (exact) mass is 424 g/mol. The number of amides is 2. The number of fused-ring (bicyclic) bond motifs is 1. The predicted molar refractivity (Wildman–Crippen MR) is 123 cm³/mol. The molecule has 0 aliphatic heterocycles. The van der Waals surface area contributed by atoms with Gasteiger partial charge in [-0.25, -0.2) is 9.18 Å². The van der Waals surface area contributed by atoms with Crippen LogP contribution in [0.4, 0.5) is 14.9 Å². The van der Waals surface area contributed by atoms with Crippen molar-refractivity contribution in [2.45, 2.75) is 26.8 Å². The number of nitrogens with zero attached hydrogens (tertiary/aromatic N) is 2. The number of rotatable bonds is 7. The number of H-pyrrole nitrogens is 1. The molecule has 3 aromatic rings. The first-order valence-corrected chi connectivity index (χ1v) is 10.3. The van der Waals surface area contributed by atoms with Crippen LogP contribution in [0, 0.1) is 19.7 Å². The van der Waals surface area contributed by atoms with Gasteiger partial charge >= 0.3 is 6.03 Å². The summed E-state index contributed by atoms with van der Waals surface area (Å²) in [6, 6.07) is 11.2. The van der Waals surface area contributed by atoms with Crippen LogP contribution in [-0.4, -0.2) is 48.0 Å². The van der Waals surface area contributed by atoms with Crippen LogP contribution in [0.2, 0.25) is 0 Å². The average Bonchev–Trinajstić information content (AvgIpc) is 2.72. The molecular weight excluding hydrogens is 395 g/mol. The smallest absolute Gasteiger partial charge is 0.321 e. The Balaban J connectivity index is 1.87. The molecule has 0 spiro atoms. The van der Waals surface area contributed by atoms with Crippen LogP contribution in [0.15, 0.2) is 47.3 Å². The molecule has 7 heteroatoms. The number of pyridine rings is 1. The van der Waals surface area contributed by atoms with Gasteiger partial charge in [0.15, 0.2) is 0 Å². The van der Waals surface area contributed by atoms with Crippen LogP contribution < -0.4 is 10.9 Å². The summed E-state index contributed by atoms with van der Waals surface area (Å²) in [6.07, 6.45) is 0.757. The highest BCUT2D eigenvalue weighted by molar-refractivity contribution is 5.89. The zero-order valence-corrected chi connectivity index (χ0v) is 18.5. The standard InChI is InChI=1S/C24H29FN4O2/c1-16-6-7-17(2)22-21(16)14-18(23(30)27-22)15-29(13-5-12-28(3)4)24(31)26-20-10-8-19(25)9-11-20/h6-11,14H,5,12-13,15H2,1-4H3,(H,26,31)(H,27,30). The summed E-state index contributed by atoms with van der Waals surface area (Å²) >= 11 is 0. The minimum Gasteiger partial charge on any atom is -0.321 e. The molecule has 0 saturated carbocycles. The van der Waals surface area contributed by atoms with Gasteiger partial charge in [-0.1, -0.05) is 12.1 Å². The summed E-state index contributed by atoms with van der Waals surface area (Å²) in [7, 11) is 3.95. The summed E-state index contributed by atoms with van der Waals surface area (Å²) in [5.74, 6) is -0.366. The number of halogens is 1. The van der Waals surface area contributed by atoms with Gasteiger partial charge in [0.1, 0.15) is 5.82 Å². The molecule has 1 aromatic heterocycles. The molecule has 1 heterocycles. The lowest BCUT2D eigenvalue weighted by Crippen LogP contribution is -2.37. The van der Waals surface area contributed by atoms with Crippen molar-refractivity contribution in [3.63, 3.8) is 0 Å². The van der Waals surface area contributed by atoms with E-state index < -0.39 is 0 Å². The maximum absolute atomic E-state index is 13.2. The third kappa shape index (κ3) is 5.70. The minimum absolute atomic E-state index is 0.180. The van der Waals surface area contributed by atoms with E-state index in [2.05, 4.69) is 10.3 Å². The number of carbonyl (C=O) groups excluding carboxylic acids is 1. The van der Waals surface area contributed by atoms with Crippen molar-refractivity contribution >= 4 is 22.6 Å². The SMILES string of the molecule is Cc1ccc(C)c2[nH]c(=O)c(CN(CCCN(C)C)C(=O)Nc3ccc(F)cc3)cc12. The van der Waals surface area contributed by atoms with Gasteiger partial charge in [-0.05, 0) is 82.4 Å². The maximum Gasteiger partial charge on any atom is 0.322 e. The van der Waals surface area contributed by atoms with Gasteiger partial charge in [0, 0.05) is 23.2 Å². The lowest BCUT2D eigenvalue weighted by atomic mass is 10.0. The van der Waals surface area contributed by atoms with Gasteiger partial charge in [-0.3, -0.25) is 4.79 Å². The van der Waals surface area contributed by atoms with Gasteiger partial charge < -0.3 is 20.1 Å². The van der Waals surface area contributed by atoms with Crippen molar-refractivity contribution in [3.8, 4) is 0 Å². The van der Waals surface area contributed by atoms with E-state index >= 15 is 0 Å². The fraction of sp³-hybridized carbons (Fsp3) is 0.333. The number of benzene rings is 2. The predicted octanol–water partition coefficient (Wildman–Crippen LogP) is 4.27. The quantitative estimate of drug-likeness (QED) is 0.595. The van der Waals surface area contributed by atoms with E-state index in [1.54, 1.807) is 4.90 Å². The van der Waals surface area contributed by atoms with Crippen molar-refractivity contribution in [1.82, 2.24) is 14.8 Å². The maximum atomic E-state index is 13.2. The summed E-state index contributed by atoms with van der Waals surface area (Å²) in [5, 5.41) is 3.77. The van der Waals surface area contributed by atoms with Gasteiger partial charge in [0.2, 0.25) is 0 Å². The first-order chi connectivity index (χ1) is 14.7. The third-order valence-electron chi connectivity index (χ3n) is 5.30. The molecule has 3 rings (SSSR count). The molecule has 164 valence electrons. The molecule has 0 aliphatic carbocycles. The molecule has 0 bridgehead atoms. The highest BCUT2D eigenvalue weighted by Crippen LogP contribution is 2.20. The Hall–Kier alpha value is -3.19. The molecule has 0 unspecified atom stereocenters. The largest absolute Gasteiger partial charge is 0.322 e. The van der Waals surface area contributed by atoms with Gasteiger partial charge in [0.25, 0.3) is 5.56 Å². The van der Waals surface area contributed by atoms with E-state index in [4.69, 9.17) is 0 Å². The van der Waals surface area contributed by atoms with Crippen molar-refractivity contribution in [2.24, 2.45) is 0 Å². The van der Waals surface area contributed by atoms with Crippen LogP contribution in [0.1, 0.15) is 23.1 Å². The number of anilines is 1. The molecule has 31 heavy (non-hydrogen) atoms. The van der Waals surface area contributed by atoms with Crippen molar-refractivity contribution < 1.29 is 9.18 Å². The Bertz CT molecular complexity index is 1120. The second-order valence-corrected chi connectivity index (χ2v) is 8.13. The molecule has 0 fully saturated rings. The van der Waals surface area contributed by atoms with E-state index in [9.17, 15) is 14.0 Å². The van der Waals surface area contributed by atoms with Crippen LogP contribution in [0.25, 0.3) is 10.9 Å². The third-order valence-corrected chi connectivity index (χ3v) is 5.30. The molecule has 0 radical (unpaired) electrons. The number of aryl methyl sites for hydroxylation is 2. The van der Waals surface area contributed by atoms with Crippen LogP contribution in [0.3, 0.4) is 0 Å². The fourth-order valence-corrected chi connectivity index (χ4v) is 3.51. The lowest BCUT2D eigenvalue weighted by Gasteiger charge is -2.24. The zero-order valence-electron chi connectivity index (χ0n) is 18.5. The van der Waals surface area contributed by atoms with Crippen LogP contribution in [0.5, 0.6) is 0 Å². The number of nitrogens with one attached hydrogen (secondary N) is 2. The first-order valence-electron chi connectivity index (χ1n) is 10.3. The van der Waals surface area contributed by atoms with Gasteiger partial charge in [0.05, 0.1) is 12.1 Å². The van der Waals surface area contributed by atoms with Crippen molar-refractivity contribution in [2.75, 3.05) is 32.5 Å². The second kappa shape index (κ2) is 9.75. The van der Waals surface area contributed by atoms with E-state index in [0.717, 1.165) is 35.0 Å². The fourth-order valence-electron chi connectivity index (χ4n) is 3.51.